The van der Waals surface area contributed by atoms with Crippen LogP contribution >= 0.6 is 0 Å². The zero-order valence-corrected chi connectivity index (χ0v) is 13.1. The highest BCUT2D eigenvalue weighted by Gasteiger charge is 2.42. The van der Waals surface area contributed by atoms with Crippen molar-refractivity contribution in [3.63, 3.8) is 0 Å². The summed E-state index contributed by atoms with van der Waals surface area (Å²) >= 11 is 0. The number of carbonyl (C=O) groups excluding carboxylic acids is 2. The normalized spacial score (nSPS) is 19.0. The predicted octanol–water partition coefficient (Wildman–Crippen LogP) is 2.34. The van der Waals surface area contributed by atoms with Crippen molar-refractivity contribution in [1.29, 1.82) is 0 Å². The van der Waals surface area contributed by atoms with Crippen molar-refractivity contribution in [2.75, 3.05) is 6.54 Å². The van der Waals surface area contributed by atoms with Crippen molar-refractivity contribution < 1.29 is 23.7 Å². The Morgan fingerprint density at radius 2 is 2.22 bits per heavy atom. The van der Waals surface area contributed by atoms with Gasteiger partial charge in [-0.2, -0.15) is 0 Å². The molecule has 1 aromatic heterocycles. The van der Waals surface area contributed by atoms with E-state index in [2.05, 4.69) is 0 Å². The molecule has 124 valence electrons. The Morgan fingerprint density at radius 1 is 1.52 bits per heavy atom. The quantitative estimate of drug-likeness (QED) is 0.622. The minimum atomic E-state index is -0.836. The highest BCUT2D eigenvalue weighted by Crippen LogP contribution is 2.30. The van der Waals surface area contributed by atoms with E-state index in [-0.39, 0.29) is 0 Å². The van der Waals surface area contributed by atoms with Crippen LogP contribution in [0.4, 0.5) is 4.79 Å². The number of carbonyl (C=O) groups is 2. The number of ether oxygens (including phenoxy) is 1. The van der Waals surface area contributed by atoms with Gasteiger partial charge in [-0.05, 0) is 32.9 Å². The maximum Gasteiger partial charge on any atom is 0.417 e. The van der Waals surface area contributed by atoms with E-state index in [1.807, 2.05) is 0 Å². The van der Waals surface area contributed by atoms with Crippen molar-refractivity contribution in [2.24, 2.45) is 0 Å². The van der Waals surface area contributed by atoms with Crippen molar-refractivity contribution in [3.8, 4) is 0 Å². The summed E-state index contributed by atoms with van der Waals surface area (Å²) in [5, 5.41) is 11.0. The fourth-order valence-electron chi connectivity index (χ4n) is 2.36. The molecule has 0 spiro atoms. The second-order valence-corrected chi connectivity index (χ2v) is 6.18. The van der Waals surface area contributed by atoms with E-state index in [9.17, 15) is 19.7 Å². The minimum absolute atomic E-state index is 0.333. The molecule has 8 nitrogen and oxygen atoms in total. The van der Waals surface area contributed by atoms with Crippen LogP contribution in [0.2, 0.25) is 0 Å². The average Bonchev–Trinajstić information content (AvgIpc) is 3.02. The summed E-state index contributed by atoms with van der Waals surface area (Å²) in [7, 11) is 0. The van der Waals surface area contributed by atoms with Crippen LogP contribution in [0.5, 0.6) is 0 Å². The summed E-state index contributed by atoms with van der Waals surface area (Å²) in [5.74, 6) is -1.01. The number of hydrogen-bond acceptors (Lipinski definition) is 6. The van der Waals surface area contributed by atoms with Crippen LogP contribution in [0.1, 0.15) is 32.4 Å². The van der Waals surface area contributed by atoms with Gasteiger partial charge in [0.25, 0.3) is 5.91 Å². The molecule has 0 saturated heterocycles. The second-order valence-electron chi connectivity index (χ2n) is 6.18. The molecule has 23 heavy (non-hydrogen) atoms. The third kappa shape index (κ3) is 3.97. The van der Waals surface area contributed by atoms with E-state index in [0.29, 0.717) is 5.76 Å². The Hall–Kier alpha value is -2.64. The molecule has 1 aliphatic heterocycles. The lowest BCUT2D eigenvalue weighted by Gasteiger charge is -2.29. The van der Waals surface area contributed by atoms with Crippen molar-refractivity contribution in [3.05, 3.63) is 46.4 Å². The molecule has 0 fully saturated rings. The van der Waals surface area contributed by atoms with E-state index < -0.39 is 41.0 Å². The van der Waals surface area contributed by atoms with Gasteiger partial charge in [-0.25, -0.2) is 9.69 Å². The van der Waals surface area contributed by atoms with Gasteiger partial charge >= 0.3 is 6.09 Å². The Kier molecular flexibility index (Phi) is 4.53. The number of rotatable bonds is 4. The van der Waals surface area contributed by atoms with Crippen LogP contribution in [0.25, 0.3) is 0 Å². The fraction of sp³-hybridized carbons (Fsp3) is 0.467. The van der Waals surface area contributed by atoms with Gasteiger partial charge in [0, 0.05) is 11.0 Å². The minimum Gasteiger partial charge on any atom is -0.469 e. The molecule has 1 aromatic rings. The highest BCUT2D eigenvalue weighted by atomic mass is 16.6. The van der Waals surface area contributed by atoms with E-state index in [0.717, 1.165) is 4.90 Å². The van der Waals surface area contributed by atoms with Gasteiger partial charge < -0.3 is 9.15 Å². The maximum absolute atomic E-state index is 12.3. The first-order chi connectivity index (χ1) is 10.7. The summed E-state index contributed by atoms with van der Waals surface area (Å²) in [5.41, 5.74) is -0.784. The highest BCUT2D eigenvalue weighted by molar-refractivity contribution is 6.01. The zero-order chi connectivity index (χ0) is 17.2. The molecule has 2 rings (SSSR count). The Balaban J connectivity index is 2.29. The van der Waals surface area contributed by atoms with Crippen LogP contribution in [0.3, 0.4) is 0 Å². The van der Waals surface area contributed by atoms with Gasteiger partial charge in [-0.3, -0.25) is 14.9 Å². The second kappa shape index (κ2) is 6.23. The molecule has 0 aliphatic carbocycles. The van der Waals surface area contributed by atoms with Crippen molar-refractivity contribution in [1.82, 2.24) is 4.90 Å². The van der Waals surface area contributed by atoms with Crippen LogP contribution in [0, 0.1) is 10.1 Å². The molecule has 8 heteroatoms. The number of hydrogen-bond donors (Lipinski definition) is 0. The molecule has 0 bridgehead atoms. The lowest BCUT2D eigenvalue weighted by Crippen LogP contribution is -2.46. The average molecular weight is 322 g/mol. The molecule has 0 N–H and O–H groups in total. The van der Waals surface area contributed by atoms with E-state index in [1.54, 1.807) is 32.9 Å². The smallest absolute Gasteiger partial charge is 0.417 e. The first kappa shape index (κ1) is 16.7. The third-order valence-electron chi connectivity index (χ3n) is 3.23. The molecule has 0 aromatic carbocycles. The predicted molar refractivity (Wildman–Crippen MR) is 79.3 cm³/mol. The SMILES string of the molecule is CC(C)(C)OC(=O)N1C(=O)C=C[C@@H]1[C@H](C[N+](=O)[O-])c1ccco1. The lowest BCUT2D eigenvalue weighted by molar-refractivity contribution is -0.484. The maximum atomic E-state index is 12.3. The van der Waals surface area contributed by atoms with Crippen LogP contribution < -0.4 is 0 Å². The van der Waals surface area contributed by atoms with Gasteiger partial charge in [0.2, 0.25) is 6.54 Å². The molecule has 2 amide bonds. The zero-order valence-electron chi connectivity index (χ0n) is 13.1. The fourth-order valence-corrected chi connectivity index (χ4v) is 2.36. The Morgan fingerprint density at radius 3 is 2.74 bits per heavy atom. The lowest BCUT2D eigenvalue weighted by atomic mass is 9.97. The summed E-state index contributed by atoms with van der Waals surface area (Å²) in [6.45, 7) is 4.55. The Labute approximate surface area is 132 Å². The standard InChI is InChI=1S/C15H18N2O6/c1-15(2,3)23-14(19)17-11(6-7-13(17)18)10(9-16(20)21)12-5-4-8-22-12/h4-8,10-11H,9H2,1-3H3/t10-,11+/m0/s1. The van der Waals surface area contributed by atoms with E-state index in [4.69, 9.17) is 9.15 Å². The Bertz CT molecular complexity index is 629. The number of nitro groups is 1. The molecular formula is C15H18N2O6. The number of nitrogens with zero attached hydrogens (tertiary/aromatic N) is 2. The summed E-state index contributed by atoms with van der Waals surface area (Å²) in [6, 6.07) is 2.35. The number of imide groups is 1. The monoisotopic (exact) mass is 322 g/mol. The summed E-state index contributed by atoms with van der Waals surface area (Å²) < 4.78 is 10.5. The summed E-state index contributed by atoms with van der Waals surface area (Å²) in [4.78, 5) is 35.7. The molecule has 0 saturated carbocycles. The van der Waals surface area contributed by atoms with Gasteiger partial charge in [0.15, 0.2) is 0 Å². The van der Waals surface area contributed by atoms with Gasteiger partial charge in [-0.1, -0.05) is 6.08 Å². The molecule has 2 atom stereocenters. The van der Waals surface area contributed by atoms with Crippen LogP contribution in [-0.2, 0) is 9.53 Å². The molecule has 0 radical (unpaired) electrons. The molecule has 1 aliphatic rings. The van der Waals surface area contributed by atoms with Crippen LogP contribution in [0.15, 0.2) is 35.0 Å². The van der Waals surface area contributed by atoms with Crippen molar-refractivity contribution >= 4 is 12.0 Å². The van der Waals surface area contributed by atoms with Gasteiger partial charge in [0.1, 0.15) is 17.3 Å². The largest absolute Gasteiger partial charge is 0.469 e. The van der Waals surface area contributed by atoms with Crippen molar-refractivity contribution in [2.45, 2.75) is 38.3 Å². The van der Waals surface area contributed by atoms with Gasteiger partial charge in [-0.15, -0.1) is 0 Å². The first-order valence-corrected chi connectivity index (χ1v) is 7.08. The first-order valence-electron chi connectivity index (χ1n) is 7.08. The molecular weight excluding hydrogens is 304 g/mol. The number of furan rings is 1. The van der Waals surface area contributed by atoms with E-state index >= 15 is 0 Å². The van der Waals surface area contributed by atoms with Gasteiger partial charge in [0.05, 0.1) is 12.3 Å². The molecule has 2 heterocycles. The van der Waals surface area contributed by atoms with Crippen LogP contribution in [-0.4, -0.2) is 40.0 Å². The van der Waals surface area contributed by atoms with E-state index in [1.165, 1.54) is 18.4 Å². The number of amides is 2. The third-order valence-corrected chi connectivity index (χ3v) is 3.23. The summed E-state index contributed by atoms with van der Waals surface area (Å²) in [6.07, 6.45) is 3.23. The topological polar surface area (TPSA) is 103 Å². The molecule has 0 unspecified atom stereocenters.